The summed E-state index contributed by atoms with van der Waals surface area (Å²) in [6.45, 7) is 0. The maximum absolute atomic E-state index is 14.1. The summed E-state index contributed by atoms with van der Waals surface area (Å²) in [6.07, 6.45) is 0.941. The highest BCUT2D eigenvalue weighted by atomic mass is 31.2. The summed E-state index contributed by atoms with van der Waals surface area (Å²) in [6, 6.07) is 30.9. The third-order valence-corrected chi connectivity index (χ3v) is 7.05. The lowest BCUT2D eigenvalue weighted by atomic mass is 10.1. The summed E-state index contributed by atoms with van der Waals surface area (Å²) in [5.74, 6) is 0. The second-order valence-corrected chi connectivity index (χ2v) is 8.67. The number of benzene rings is 3. The van der Waals surface area contributed by atoms with Crippen molar-refractivity contribution in [3.63, 3.8) is 0 Å². The molecule has 0 aliphatic carbocycles. The fraction of sp³-hybridized carbons (Fsp3) is 0.136. The van der Waals surface area contributed by atoms with Gasteiger partial charge in [0.05, 0.1) is 12.5 Å². The van der Waals surface area contributed by atoms with E-state index in [-0.39, 0.29) is 6.04 Å². The molecule has 0 bridgehead atoms. The molecule has 0 aliphatic heterocycles. The Balaban J connectivity index is 1.96. The summed E-state index contributed by atoms with van der Waals surface area (Å²) in [5.41, 5.74) is 1.12. The SMILES string of the molecule is N#CC[C@H](Cc1ccccc1)NP(=O)(c1ccccc1)c1ccccc1. The van der Waals surface area contributed by atoms with E-state index in [1.807, 2.05) is 91.0 Å². The molecule has 3 aromatic rings. The van der Waals surface area contributed by atoms with Gasteiger partial charge in [0.25, 0.3) is 0 Å². The van der Waals surface area contributed by atoms with Crippen LogP contribution in [0.3, 0.4) is 0 Å². The first-order valence-corrected chi connectivity index (χ1v) is 10.3. The Hall–Kier alpha value is -2.66. The van der Waals surface area contributed by atoms with E-state index in [2.05, 4.69) is 11.2 Å². The van der Waals surface area contributed by atoms with Crippen LogP contribution in [0, 0.1) is 11.3 Å². The topological polar surface area (TPSA) is 52.9 Å². The third-order valence-electron chi connectivity index (χ3n) is 4.27. The summed E-state index contributed by atoms with van der Waals surface area (Å²) in [5, 5.41) is 14.1. The van der Waals surface area contributed by atoms with Crippen molar-refractivity contribution < 1.29 is 4.57 Å². The molecule has 1 N–H and O–H groups in total. The number of rotatable bonds is 7. The van der Waals surface area contributed by atoms with Crippen LogP contribution in [0.4, 0.5) is 0 Å². The number of nitriles is 1. The molecule has 0 radical (unpaired) electrons. The van der Waals surface area contributed by atoms with Crippen molar-refractivity contribution >= 4 is 17.9 Å². The average Bonchev–Trinajstić information content (AvgIpc) is 2.70. The van der Waals surface area contributed by atoms with Crippen LogP contribution in [0.1, 0.15) is 12.0 Å². The van der Waals surface area contributed by atoms with E-state index in [1.54, 1.807) is 0 Å². The van der Waals surface area contributed by atoms with E-state index in [1.165, 1.54) is 0 Å². The fourth-order valence-corrected chi connectivity index (χ4v) is 5.48. The Morgan fingerprint density at radius 1 is 0.808 bits per heavy atom. The molecular formula is C22H21N2OP. The number of hydrogen-bond acceptors (Lipinski definition) is 2. The quantitative estimate of drug-likeness (QED) is 0.647. The van der Waals surface area contributed by atoms with Gasteiger partial charge in [-0.25, -0.2) is 0 Å². The second kappa shape index (κ2) is 8.63. The highest BCUT2D eigenvalue weighted by Crippen LogP contribution is 2.39. The summed E-state index contributed by atoms with van der Waals surface area (Å²) >= 11 is 0. The summed E-state index contributed by atoms with van der Waals surface area (Å²) in [4.78, 5) is 0. The van der Waals surface area contributed by atoms with Gasteiger partial charge in [-0.3, -0.25) is 9.65 Å². The molecule has 3 nitrogen and oxygen atoms in total. The number of hydrogen-bond donors (Lipinski definition) is 1. The first-order chi connectivity index (χ1) is 12.7. The largest absolute Gasteiger partial charge is 0.297 e. The first kappa shape index (κ1) is 18.1. The van der Waals surface area contributed by atoms with Crippen LogP contribution in [0.25, 0.3) is 0 Å². The zero-order valence-electron chi connectivity index (χ0n) is 14.5. The van der Waals surface area contributed by atoms with Gasteiger partial charge in [0.1, 0.15) is 0 Å². The van der Waals surface area contributed by atoms with Gasteiger partial charge in [-0.05, 0) is 36.2 Å². The molecule has 4 heteroatoms. The van der Waals surface area contributed by atoms with Crippen LogP contribution < -0.4 is 15.7 Å². The van der Waals surface area contributed by atoms with E-state index in [0.29, 0.717) is 12.8 Å². The lowest BCUT2D eigenvalue weighted by Gasteiger charge is -2.26. The van der Waals surface area contributed by atoms with E-state index < -0.39 is 7.29 Å². The van der Waals surface area contributed by atoms with Gasteiger partial charge in [0.2, 0.25) is 7.29 Å². The lowest BCUT2D eigenvalue weighted by Crippen LogP contribution is -2.36. The lowest BCUT2D eigenvalue weighted by molar-refractivity contribution is 0.554. The predicted octanol–water partition coefficient (Wildman–Crippen LogP) is 4.03. The Labute approximate surface area is 154 Å². The van der Waals surface area contributed by atoms with Crippen LogP contribution in [-0.2, 0) is 11.0 Å². The van der Waals surface area contributed by atoms with E-state index in [0.717, 1.165) is 16.2 Å². The summed E-state index contributed by atoms with van der Waals surface area (Å²) in [7, 11) is -3.05. The van der Waals surface area contributed by atoms with E-state index in [4.69, 9.17) is 0 Å². The van der Waals surface area contributed by atoms with Crippen molar-refractivity contribution in [1.82, 2.24) is 5.09 Å². The normalized spacial score (nSPS) is 12.3. The molecule has 1 atom stereocenters. The van der Waals surface area contributed by atoms with Gasteiger partial charge in [-0.1, -0.05) is 66.7 Å². The van der Waals surface area contributed by atoms with Crippen LogP contribution in [-0.4, -0.2) is 6.04 Å². The smallest absolute Gasteiger partial charge is 0.204 e. The minimum absolute atomic E-state index is 0.200. The van der Waals surface area contributed by atoms with Gasteiger partial charge in [-0.2, -0.15) is 5.26 Å². The molecule has 26 heavy (non-hydrogen) atoms. The molecule has 0 aromatic heterocycles. The van der Waals surface area contributed by atoms with E-state index >= 15 is 0 Å². The monoisotopic (exact) mass is 360 g/mol. The highest BCUT2D eigenvalue weighted by Gasteiger charge is 2.30. The Kier molecular flexibility index (Phi) is 6.02. The van der Waals surface area contributed by atoms with Gasteiger partial charge < -0.3 is 0 Å². The average molecular weight is 360 g/mol. The van der Waals surface area contributed by atoms with Gasteiger partial charge in [-0.15, -0.1) is 0 Å². The molecule has 3 rings (SSSR count). The Morgan fingerprint density at radius 3 is 1.73 bits per heavy atom. The van der Waals surface area contributed by atoms with Crippen molar-refractivity contribution in [2.75, 3.05) is 0 Å². The molecule has 0 amide bonds. The third kappa shape index (κ3) is 4.29. The maximum atomic E-state index is 14.1. The van der Waals surface area contributed by atoms with Crippen molar-refractivity contribution in [2.24, 2.45) is 0 Å². The molecule has 0 saturated carbocycles. The molecule has 0 heterocycles. The van der Waals surface area contributed by atoms with E-state index in [9.17, 15) is 9.83 Å². The molecule has 130 valence electrons. The van der Waals surface area contributed by atoms with Crippen LogP contribution in [0.5, 0.6) is 0 Å². The Bertz CT molecular complexity index is 862. The van der Waals surface area contributed by atoms with Crippen molar-refractivity contribution in [1.29, 1.82) is 5.26 Å². The zero-order valence-corrected chi connectivity index (χ0v) is 15.3. The molecular weight excluding hydrogens is 339 g/mol. The van der Waals surface area contributed by atoms with Crippen LogP contribution in [0.15, 0.2) is 91.0 Å². The fourth-order valence-electron chi connectivity index (χ4n) is 3.00. The number of nitrogens with one attached hydrogen (secondary N) is 1. The van der Waals surface area contributed by atoms with Gasteiger partial charge in [0.15, 0.2) is 0 Å². The molecule has 0 saturated heterocycles. The van der Waals surface area contributed by atoms with Crippen molar-refractivity contribution in [2.45, 2.75) is 18.9 Å². The molecule has 3 aromatic carbocycles. The Morgan fingerprint density at radius 2 is 1.27 bits per heavy atom. The zero-order chi connectivity index (χ0) is 18.2. The van der Waals surface area contributed by atoms with Crippen molar-refractivity contribution in [3.8, 4) is 6.07 Å². The first-order valence-electron chi connectivity index (χ1n) is 8.62. The minimum Gasteiger partial charge on any atom is -0.297 e. The standard InChI is InChI=1S/C22H21N2OP/c23-17-16-20(18-19-10-4-1-5-11-19)24-26(25,21-12-6-2-7-13-21)22-14-8-3-9-15-22/h1-15,20H,16,18H2,(H,24,25)/t20-/m1/s1. The molecule has 0 fully saturated rings. The second-order valence-electron chi connectivity index (χ2n) is 6.16. The number of nitrogens with zero attached hydrogens (tertiary/aromatic N) is 1. The molecule has 0 aliphatic rings. The minimum atomic E-state index is -3.05. The van der Waals surface area contributed by atoms with Crippen LogP contribution in [0.2, 0.25) is 0 Å². The maximum Gasteiger partial charge on any atom is 0.204 e. The molecule has 0 spiro atoms. The predicted molar refractivity (Wildman–Crippen MR) is 107 cm³/mol. The molecule has 0 unspecified atom stereocenters. The highest BCUT2D eigenvalue weighted by molar-refractivity contribution is 7.76. The van der Waals surface area contributed by atoms with Crippen molar-refractivity contribution in [3.05, 3.63) is 96.6 Å². The van der Waals surface area contributed by atoms with Crippen LogP contribution >= 0.6 is 7.29 Å². The van der Waals surface area contributed by atoms with Gasteiger partial charge in [0, 0.05) is 16.7 Å². The summed E-state index contributed by atoms with van der Waals surface area (Å²) < 4.78 is 14.1. The van der Waals surface area contributed by atoms with Gasteiger partial charge >= 0.3 is 0 Å².